The Balaban J connectivity index is 1.74. The maximum Gasteiger partial charge on any atom is 0.338 e. The van der Waals surface area contributed by atoms with Crippen LogP contribution in [0, 0.1) is 6.92 Å². The van der Waals surface area contributed by atoms with Crippen LogP contribution in [-0.4, -0.2) is 61.1 Å². The molecule has 0 aliphatic carbocycles. The third-order valence-corrected chi connectivity index (χ3v) is 6.92. The summed E-state index contributed by atoms with van der Waals surface area (Å²) < 4.78 is 10.2. The minimum absolute atomic E-state index is 0.0757. The number of ether oxygens (including phenoxy) is 2. The van der Waals surface area contributed by atoms with E-state index in [1.165, 1.54) is 4.90 Å². The first-order chi connectivity index (χ1) is 18.4. The molecule has 0 bridgehead atoms. The number of rotatable bonds is 13. The van der Waals surface area contributed by atoms with Crippen LogP contribution in [0.15, 0.2) is 66.0 Å². The monoisotopic (exact) mass is 537 g/mol. The van der Waals surface area contributed by atoms with Crippen LogP contribution in [0.5, 0.6) is 0 Å². The molecule has 0 saturated carbocycles. The fourth-order valence-corrected chi connectivity index (χ4v) is 4.72. The standard InChI is InChI=1S/C29H35N3O5S/c1-4-37-28(34)24-11-13-25(14-12-24)30-29(35)31(16-8-17-36-3)21-27(33)32(19-23-9-6-5-7-10-23)20-26-22(2)15-18-38-26/h5-7,9-15,18H,4,8,16-17,19-21H2,1-3H3,(H,30,35). The van der Waals surface area contributed by atoms with Crippen LogP contribution in [0.4, 0.5) is 10.5 Å². The first-order valence-corrected chi connectivity index (χ1v) is 13.5. The van der Waals surface area contributed by atoms with E-state index < -0.39 is 12.0 Å². The first-order valence-electron chi connectivity index (χ1n) is 12.6. The molecule has 3 rings (SSSR count). The molecular formula is C29H35N3O5S. The first kappa shape index (κ1) is 28.9. The normalized spacial score (nSPS) is 10.6. The summed E-state index contributed by atoms with van der Waals surface area (Å²) in [7, 11) is 1.60. The Morgan fingerprint density at radius 1 is 0.947 bits per heavy atom. The van der Waals surface area contributed by atoms with Gasteiger partial charge in [-0.05, 0) is 67.1 Å². The van der Waals surface area contributed by atoms with Gasteiger partial charge < -0.3 is 24.6 Å². The maximum absolute atomic E-state index is 13.6. The van der Waals surface area contributed by atoms with E-state index in [2.05, 4.69) is 5.32 Å². The number of urea groups is 1. The molecule has 8 nitrogen and oxygen atoms in total. The van der Waals surface area contributed by atoms with Crippen LogP contribution < -0.4 is 5.32 Å². The average Bonchev–Trinajstić information content (AvgIpc) is 3.33. The van der Waals surface area contributed by atoms with E-state index in [9.17, 15) is 14.4 Å². The lowest BCUT2D eigenvalue weighted by molar-refractivity contribution is -0.133. The highest BCUT2D eigenvalue weighted by Crippen LogP contribution is 2.20. The molecule has 9 heteroatoms. The van der Waals surface area contributed by atoms with Gasteiger partial charge >= 0.3 is 12.0 Å². The number of hydrogen-bond acceptors (Lipinski definition) is 6. The van der Waals surface area contributed by atoms with E-state index in [0.717, 1.165) is 16.0 Å². The number of methoxy groups -OCH3 is 1. The minimum Gasteiger partial charge on any atom is -0.462 e. The van der Waals surface area contributed by atoms with Gasteiger partial charge in [0.1, 0.15) is 6.54 Å². The molecule has 0 radical (unpaired) electrons. The fraction of sp³-hybridized carbons (Fsp3) is 0.345. The van der Waals surface area contributed by atoms with Crippen LogP contribution >= 0.6 is 11.3 Å². The summed E-state index contributed by atoms with van der Waals surface area (Å²) in [4.78, 5) is 43.1. The van der Waals surface area contributed by atoms with Crippen molar-refractivity contribution >= 4 is 34.9 Å². The second-order valence-electron chi connectivity index (χ2n) is 8.76. The van der Waals surface area contributed by atoms with Gasteiger partial charge in [-0.2, -0.15) is 0 Å². The molecule has 2 aromatic carbocycles. The largest absolute Gasteiger partial charge is 0.462 e. The maximum atomic E-state index is 13.6. The van der Waals surface area contributed by atoms with Crippen LogP contribution in [0.3, 0.4) is 0 Å². The molecule has 0 atom stereocenters. The molecular weight excluding hydrogens is 502 g/mol. The lowest BCUT2D eigenvalue weighted by atomic mass is 10.2. The Morgan fingerprint density at radius 3 is 2.32 bits per heavy atom. The number of carbonyl (C=O) groups is 3. The highest BCUT2D eigenvalue weighted by atomic mass is 32.1. The van der Waals surface area contributed by atoms with Gasteiger partial charge in [0, 0.05) is 37.4 Å². The summed E-state index contributed by atoms with van der Waals surface area (Å²) in [6.07, 6.45) is 0.585. The number of esters is 1. The van der Waals surface area contributed by atoms with Crippen molar-refractivity contribution in [3.63, 3.8) is 0 Å². The topological polar surface area (TPSA) is 88.2 Å². The summed E-state index contributed by atoms with van der Waals surface area (Å²) >= 11 is 1.62. The Bertz CT molecular complexity index is 1180. The predicted octanol–water partition coefficient (Wildman–Crippen LogP) is 5.33. The van der Waals surface area contributed by atoms with Crippen molar-refractivity contribution in [3.8, 4) is 0 Å². The summed E-state index contributed by atoms with van der Waals surface area (Å²) in [5.74, 6) is -0.566. The lowest BCUT2D eigenvalue weighted by Crippen LogP contribution is -2.44. The predicted molar refractivity (Wildman–Crippen MR) is 149 cm³/mol. The lowest BCUT2D eigenvalue weighted by Gasteiger charge is -2.28. The fourth-order valence-electron chi connectivity index (χ4n) is 3.80. The Labute approximate surface area is 228 Å². The number of hydrogen-bond donors (Lipinski definition) is 1. The van der Waals surface area contributed by atoms with Crippen LogP contribution in [0.25, 0.3) is 0 Å². The zero-order valence-corrected chi connectivity index (χ0v) is 23.0. The summed E-state index contributed by atoms with van der Waals surface area (Å²) in [6.45, 7) is 5.73. The average molecular weight is 538 g/mol. The van der Waals surface area contributed by atoms with Crippen LogP contribution in [0.2, 0.25) is 0 Å². The van der Waals surface area contributed by atoms with Gasteiger partial charge in [0.25, 0.3) is 0 Å². The second-order valence-corrected chi connectivity index (χ2v) is 9.76. The zero-order valence-electron chi connectivity index (χ0n) is 22.1. The van der Waals surface area contributed by atoms with E-state index in [0.29, 0.717) is 43.9 Å². The van der Waals surface area contributed by atoms with Crippen molar-refractivity contribution in [2.75, 3.05) is 38.7 Å². The molecule has 0 aliphatic rings. The van der Waals surface area contributed by atoms with E-state index in [1.54, 1.807) is 54.5 Å². The molecule has 0 aliphatic heterocycles. The third-order valence-electron chi connectivity index (χ3n) is 5.91. The molecule has 3 aromatic rings. The van der Waals surface area contributed by atoms with Gasteiger partial charge in [-0.1, -0.05) is 30.3 Å². The van der Waals surface area contributed by atoms with Crippen molar-refractivity contribution in [2.24, 2.45) is 0 Å². The van der Waals surface area contributed by atoms with Gasteiger partial charge in [0.15, 0.2) is 0 Å². The van der Waals surface area contributed by atoms with Crippen molar-refractivity contribution in [1.82, 2.24) is 9.80 Å². The molecule has 1 aromatic heterocycles. The molecule has 1 N–H and O–H groups in total. The minimum atomic E-state index is -0.420. The van der Waals surface area contributed by atoms with Crippen molar-refractivity contribution < 1.29 is 23.9 Å². The number of aryl methyl sites for hydroxylation is 1. The van der Waals surface area contributed by atoms with E-state index in [-0.39, 0.29) is 19.1 Å². The Morgan fingerprint density at radius 2 is 1.68 bits per heavy atom. The van der Waals surface area contributed by atoms with Gasteiger partial charge in [-0.15, -0.1) is 11.3 Å². The number of carbonyl (C=O) groups excluding carboxylic acids is 3. The third kappa shape index (κ3) is 8.71. The molecule has 0 saturated heterocycles. The van der Waals surface area contributed by atoms with Crippen molar-refractivity contribution in [3.05, 3.63) is 87.6 Å². The molecule has 3 amide bonds. The van der Waals surface area contributed by atoms with Crippen LogP contribution in [-0.2, 0) is 27.4 Å². The number of anilines is 1. The highest BCUT2D eigenvalue weighted by Gasteiger charge is 2.23. The van der Waals surface area contributed by atoms with Gasteiger partial charge in [-0.25, -0.2) is 9.59 Å². The van der Waals surface area contributed by atoms with Gasteiger partial charge in [-0.3, -0.25) is 4.79 Å². The number of benzene rings is 2. The van der Waals surface area contributed by atoms with Gasteiger partial charge in [0.05, 0.1) is 18.7 Å². The Kier molecular flexibility index (Phi) is 11.3. The number of nitrogens with one attached hydrogen (secondary N) is 1. The van der Waals surface area contributed by atoms with Crippen molar-refractivity contribution in [1.29, 1.82) is 0 Å². The Hall–Kier alpha value is -3.69. The molecule has 1 heterocycles. The summed E-state index contributed by atoms with van der Waals surface area (Å²) in [5.41, 5.74) is 3.08. The number of amides is 3. The highest BCUT2D eigenvalue weighted by molar-refractivity contribution is 7.10. The number of nitrogens with zero attached hydrogens (tertiary/aromatic N) is 2. The SMILES string of the molecule is CCOC(=O)c1ccc(NC(=O)N(CCCOC)CC(=O)N(Cc2ccccc2)Cc2sccc2C)cc1. The summed E-state index contributed by atoms with van der Waals surface area (Å²) in [5, 5.41) is 4.86. The molecule has 0 spiro atoms. The molecule has 0 unspecified atom stereocenters. The van der Waals surface area contributed by atoms with Crippen LogP contribution in [0.1, 0.15) is 39.7 Å². The zero-order chi connectivity index (χ0) is 27.3. The smallest absolute Gasteiger partial charge is 0.338 e. The van der Waals surface area contributed by atoms with Gasteiger partial charge in [0.2, 0.25) is 5.91 Å². The van der Waals surface area contributed by atoms with E-state index >= 15 is 0 Å². The quantitative estimate of drug-likeness (QED) is 0.235. The number of thiophene rings is 1. The second kappa shape index (κ2) is 14.9. The van der Waals surface area contributed by atoms with E-state index in [4.69, 9.17) is 9.47 Å². The molecule has 0 fully saturated rings. The van der Waals surface area contributed by atoms with Crippen molar-refractivity contribution in [2.45, 2.75) is 33.4 Å². The van der Waals surface area contributed by atoms with E-state index in [1.807, 2.05) is 48.7 Å². The molecule has 202 valence electrons. The molecule has 38 heavy (non-hydrogen) atoms. The summed E-state index contributed by atoms with van der Waals surface area (Å²) in [6, 6.07) is 17.9.